The second-order valence-electron chi connectivity index (χ2n) is 5.25. The molecule has 0 fully saturated rings. The third-order valence-electron chi connectivity index (χ3n) is 3.84. The molecule has 1 unspecified atom stereocenters. The molecule has 0 saturated heterocycles. The molecule has 0 amide bonds. The molecule has 0 spiro atoms. The van der Waals surface area contributed by atoms with E-state index in [4.69, 9.17) is 5.73 Å². The smallest absolute Gasteiger partial charge is 0.387 e. The van der Waals surface area contributed by atoms with Crippen LogP contribution in [0.2, 0.25) is 0 Å². The van der Waals surface area contributed by atoms with Crippen LogP contribution in [0.5, 0.6) is 5.75 Å². The Balaban J connectivity index is 2.10. The van der Waals surface area contributed by atoms with E-state index >= 15 is 0 Å². The molecule has 6 heteroatoms. The van der Waals surface area contributed by atoms with Crippen molar-refractivity contribution in [2.75, 3.05) is 5.73 Å². The van der Waals surface area contributed by atoms with E-state index in [1.807, 2.05) is 4.57 Å². The van der Waals surface area contributed by atoms with Gasteiger partial charge in [0.2, 0.25) is 0 Å². The van der Waals surface area contributed by atoms with Gasteiger partial charge in [0.1, 0.15) is 23.1 Å². The predicted molar refractivity (Wildman–Crippen MR) is 76.4 cm³/mol. The first-order valence-electron chi connectivity index (χ1n) is 6.98. The number of nitrogen functional groups attached to an aromatic ring is 1. The highest BCUT2D eigenvalue weighted by Crippen LogP contribution is 2.38. The second-order valence-corrected chi connectivity index (χ2v) is 5.25. The van der Waals surface area contributed by atoms with Crippen molar-refractivity contribution >= 4 is 5.82 Å². The number of nitrogens with zero attached hydrogens (tertiary/aromatic N) is 2. The first kappa shape index (κ1) is 13.9. The van der Waals surface area contributed by atoms with Crippen LogP contribution in [0.1, 0.15) is 31.6 Å². The number of rotatable bonds is 3. The maximum Gasteiger partial charge on any atom is 0.387 e. The number of para-hydroxylation sites is 1. The highest BCUT2D eigenvalue weighted by molar-refractivity contribution is 5.76. The average molecular weight is 293 g/mol. The summed E-state index contributed by atoms with van der Waals surface area (Å²) in [6, 6.07) is 6.89. The van der Waals surface area contributed by atoms with Gasteiger partial charge in [-0.3, -0.25) is 0 Å². The van der Waals surface area contributed by atoms with Crippen molar-refractivity contribution in [3.05, 3.63) is 30.1 Å². The number of nitrogens with two attached hydrogens (primary N) is 1. The third-order valence-corrected chi connectivity index (χ3v) is 3.84. The van der Waals surface area contributed by atoms with Crippen LogP contribution in [0.25, 0.3) is 11.3 Å². The van der Waals surface area contributed by atoms with Crippen LogP contribution in [0.4, 0.5) is 14.6 Å². The van der Waals surface area contributed by atoms with Gasteiger partial charge >= 0.3 is 6.61 Å². The fourth-order valence-electron chi connectivity index (χ4n) is 2.91. The molecule has 0 saturated carbocycles. The van der Waals surface area contributed by atoms with E-state index in [0.29, 0.717) is 17.1 Å². The number of aryl methyl sites for hydroxylation is 1. The lowest BCUT2D eigenvalue weighted by Crippen LogP contribution is -2.16. The number of benzene rings is 1. The number of imidazole rings is 1. The molecule has 1 aromatic carbocycles. The van der Waals surface area contributed by atoms with E-state index in [-0.39, 0.29) is 11.8 Å². The number of halogens is 2. The van der Waals surface area contributed by atoms with Gasteiger partial charge in [-0.25, -0.2) is 4.98 Å². The van der Waals surface area contributed by atoms with E-state index in [1.54, 1.807) is 18.2 Å². The average Bonchev–Trinajstić information content (AvgIpc) is 2.77. The quantitative estimate of drug-likeness (QED) is 0.940. The Morgan fingerprint density at radius 2 is 2.14 bits per heavy atom. The molecular weight excluding hydrogens is 276 g/mol. The van der Waals surface area contributed by atoms with Gasteiger partial charge in [-0.1, -0.05) is 12.1 Å². The highest BCUT2D eigenvalue weighted by Gasteiger charge is 2.25. The van der Waals surface area contributed by atoms with Crippen LogP contribution in [0, 0.1) is 0 Å². The van der Waals surface area contributed by atoms with Crippen LogP contribution >= 0.6 is 0 Å². The van der Waals surface area contributed by atoms with Gasteiger partial charge in [0.15, 0.2) is 0 Å². The second kappa shape index (κ2) is 5.35. The van der Waals surface area contributed by atoms with Crippen molar-refractivity contribution < 1.29 is 13.5 Å². The lowest BCUT2D eigenvalue weighted by Gasteiger charge is -2.22. The minimum atomic E-state index is -2.87. The van der Waals surface area contributed by atoms with E-state index in [2.05, 4.69) is 16.6 Å². The molecule has 1 aromatic heterocycles. The highest BCUT2D eigenvalue weighted by atomic mass is 19.3. The molecule has 0 radical (unpaired) electrons. The maximum atomic E-state index is 12.5. The SMILES string of the molecule is CC1CCCc2nc(-c3ccccc3OC(F)F)c(N)n21. The number of aromatic nitrogens is 2. The predicted octanol–water partition coefficient (Wildman–Crippen LogP) is 3.63. The van der Waals surface area contributed by atoms with Crippen molar-refractivity contribution in [1.82, 2.24) is 9.55 Å². The zero-order valence-electron chi connectivity index (χ0n) is 11.7. The minimum absolute atomic E-state index is 0.0994. The monoisotopic (exact) mass is 293 g/mol. The van der Waals surface area contributed by atoms with Crippen molar-refractivity contribution in [3.63, 3.8) is 0 Å². The van der Waals surface area contributed by atoms with Crippen molar-refractivity contribution in [1.29, 1.82) is 0 Å². The number of fused-ring (bicyclic) bond motifs is 1. The van der Waals surface area contributed by atoms with Crippen LogP contribution in [0.15, 0.2) is 24.3 Å². The molecule has 0 bridgehead atoms. The van der Waals surface area contributed by atoms with Gasteiger partial charge in [0, 0.05) is 18.0 Å². The lowest BCUT2D eigenvalue weighted by molar-refractivity contribution is -0.0494. The summed E-state index contributed by atoms with van der Waals surface area (Å²) in [7, 11) is 0. The van der Waals surface area contributed by atoms with Gasteiger partial charge in [-0.05, 0) is 31.9 Å². The molecule has 21 heavy (non-hydrogen) atoms. The summed E-state index contributed by atoms with van der Waals surface area (Å²) in [5, 5.41) is 0. The molecule has 2 heterocycles. The van der Waals surface area contributed by atoms with E-state index in [9.17, 15) is 8.78 Å². The van der Waals surface area contributed by atoms with E-state index in [1.165, 1.54) is 6.07 Å². The normalized spacial score (nSPS) is 17.8. The summed E-state index contributed by atoms with van der Waals surface area (Å²) in [4.78, 5) is 4.55. The number of hydrogen-bond donors (Lipinski definition) is 1. The van der Waals surface area contributed by atoms with Gasteiger partial charge in [0.05, 0.1) is 0 Å². The largest absolute Gasteiger partial charge is 0.434 e. The van der Waals surface area contributed by atoms with Crippen LogP contribution in [-0.4, -0.2) is 16.2 Å². The van der Waals surface area contributed by atoms with Crippen LogP contribution in [-0.2, 0) is 6.42 Å². The minimum Gasteiger partial charge on any atom is -0.434 e. The van der Waals surface area contributed by atoms with Crippen LogP contribution < -0.4 is 10.5 Å². The van der Waals surface area contributed by atoms with Crippen LogP contribution in [0.3, 0.4) is 0 Å². The van der Waals surface area contributed by atoms with Crippen molar-refractivity contribution in [2.45, 2.75) is 38.8 Å². The maximum absolute atomic E-state index is 12.5. The van der Waals surface area contributed by atoms with E-state index < -0.39 is 6.61 Å². The third kappa shape index (κ3) is 2.46. The van der Waals surface area contributed by atoms with Gasteiger partial charge in [-0.15, -0.1) is 0 Å². The summed E-state index contributed by atoms with van der Waals surface area (Å²) in [6.07, 6.45) is 2.96. The molecule has 4 nitrogen and oxygen atoms in total. The number of hydrogen-bond acceptors (Lipinski definition) is 3. The Labute approximate surface area is 121 Å². The van der Waals surface area contributed by atoms with Gasteiger partial charge in [-0.2, -0.15) is 8.78 Å². The summed E-state index contributed by atoms with van der Waals surface area (Å²) in [5.41, 5.74) is 7.23. The zero-order valence-corrected chi connectivity index (χ0v) is 11.7. The topological polar surface area (TPSA) is 53.1 Å². The Morgan fingerprint density at radius 1 is 1.38 bits per heavy atom. The molecule has 0 aliphatic carbocycles. The molecule has 112 valence electrons. The van der Waals surface area contributed by atoms with Crippen molar-refractivity contribution in [3.8, 4) is 17.0 Å². The molecule has 1 atom stereocenters. The standard InChI is InChI=1S/C15H17F2N3O/c1-9-5-4-8-12-19-13(14(18)20(9)12)10-6-2-3-7-11(10)21-15(16)17/h2-3,6-7,9,15H,4-5,8,18H2,1H3. The first-order valence-corrected chi connectivity index (χ1v) is 6.98. The van der Waals surface area contributed by atoms with E-state index in [0.717, 1.165) is 25.1 Å². The summed E-state index contributed by atoms with van der Waals surface area (Å²) < 4.78 is 31.6. The first-order chi connectivity index (χ1) is 10.1. The summed E-state index contributed by atoms with van der Waals surface area (Å²) in [5.74, 6) is 1.53. The van der Waals surface area contributed by atoms with Gasteiger partial charge < -0.3 is 15.0 Å². The zero-order chi connectivity index (χ0) is 15.0. The number of anilines is 1. The number of ether oxygens (including phenoxy) is 1. The van der Waals surface area contributed by atoms with Gasteiger partial charge in [0.25, 0.3) is 0 Å². The Hall–Kier alpha value is -2.11. The summed E-state index contributed by atoms with van der Waals surface area (Å²) in [6.45, 7) is -0.782. The fraction of sp³-hybridized carbons (Fsp3) is 0.400. The molecule has 3 rings (SSSR count). The molecular formula is C15H17F2N3O. The number of alkyl halides is 2. The Kier molecular flexibility index (Phi) is 3.53. The van der Waals surface area contributed by atoms with Crippen molar-refractivity contribution in [2.24, 2.45) is 0 Å². The fourth-order valence-corrected chi connectivity index (χ4v) is 2.91. The Morgan fingerprint density at radius 3 is 2.86 bits per heavy atom. The molecule has 2 aromatic rings. The summed E-state index contributed by atoms with van der Waals surface area (Å²) >= 11 is 0. The lowest BCUT2D eigenvalue weighted by atomic mass is 10.1. The molecule has 1 aliphatic rings. The molecule has 2 N–H and O–H groups in total. The Bertz CT molecular complexity index is 654. The molecule has 1 aliphatic heterocycles.